The number of rotatable bonds is 11. The fourth-order valence-electron chi connectivity index (χ4n) is 3.97. The highest BCUT2D eigenvalue weighted by Crippen LogP contribution is 2.31. The number of hydrogen-bond acceptors (Lipinski definition) is 9. The van der Waals surface area contributed by atoms with Gasteiger partial charge in [-0.2, -0.15) is 0 Å². The molecule has 2 N–H and O–H groups in total. The van der Waals surface area contributed by atoms with Crippen LogP contribution in [0.25, 0.3) is 16.6 Å². The van der Waals surface area contributed by atoms with E-state index >= 15 is 0 Å². The number of halogens is 2. The third-order valence-corrected chi connectivity index (χ3v) is 7.31. The zero-order chi connectivity index (χ0) is 29.7. The predicted molar refractivity (Wildman–Crippen MR) is 156 cm³/mol. The van der Waals surface area contributed by atoms with Crippen LogP contribution in [0.3, 0.4) is 0 Å². The number of fused-ring (bicyclic) bond motifs is 1. The van der Waals surface area contributed by atoms with Crippen molar-refractivity contribution in [2.24, 2.45) is 0 Å². The smallest absolute Gasteiger partial charge is 0.221 e. The number of ether oxygens (including phenoxy) is 1. The second-order valence-corrected chi connectivity index (χ2v) is 12.1. The Balaban J connectivity index is 1.28. The molecule has 0 radical (unpaired) electrons. The van der Waals surface area contributed by atoms with E-state index < -0.39 is 9.84 Å². The minimum absolute atomic E-state index is 0.106. The maximum absolute atomic E-state index is 13.4. The van der Waals surface area contributed by atoms with Gasteiger partial charge in [-0.05, 0) is 54.1 Å². The maximum Gasteiger partial charge on any atom is 0.221 e. The van der Waals surface area contributed by atoms with Crippen LogP contribution < -0.4 is 15.4 Å². The van der Waals surface area contributed by atoms with Gasteiger partial charge in [0.2, 0.25) is 5.91 Å². The molecule has 0 saturated carbocycles. The Hall–Kier alpha value is -4.62. The molecule has 0 aliphatic heterocycles. The molecule has 11 nitrogen and oxygen atoms in total. The number of benzene rings is 3. The van der Waals surface area contributed by atoms with Gasteiger partial charge in [0.15, 0.2) is 0 Å². The van der Waals surface area contributed by atoms with Gasteiger partial charge in [0, 0.05) is 23.8 Å². The number of sulfone groups is 1. The van der Waals surface area contributed by atoms with Crippen LogP contribution in [0.5, 0.6) is 5.75 Å². The van der Waals surface area contributed by atoms with Crippen LogP contribution in [0.15, 0.2) is 73.2 Å². The molecule has 0 saturated heterocycles. The monoisotopic (exact) mass is 609 g/mol. The third kappa shape index (κ3) is 7.56. The molecule has 42 heavy (non-hydrogen) atoms. The molecule has 0 bridgehead atoms. The van der Waals surface area contributed by atoms with E-state index in [0.717, 1.165) is 6.26 Å². The number of amides is 1. The van der Waals surface area contributed by atoms with Gasteiger partial charge >= 0.3 is 0 Å². The normalized spacial score (nSPS) is 11.4. The summed E-state index contributed by atoms with van der Waals surface area (Å²) in [5.41, 5.74) is 3.22. The standard InChI is InChI=1S/C28H25ClFN7O4S/c1-42(39,40)10-9-27(38)31-14-21-15-37(36-35-21)22-6-7-25-23(13-22)28(33-17-32-25)34-20-5-8-26(24(29)12-20)41-16-18-3-2-4-19(30)11-18/h2-8,11-13,15,17H,9-10,14,16H2,1H3,(H,31,38)(H,32,33,34). The summed E-state index contributed by atoms with van der Waals surface area (Å²) in [6, 6.07) is 16.9. The lowest BCUT2D eigenvalue weighted by Gasteiger charge is -2.12. The molecule has 2 aromatic heterocycles. The Morgan fingerprint density at radius 2 is 1.95 bits per heavy atom. The van der Waals surface area contributed by atoms with Crippen molar-refractivity contribution in [3.05, 3.63) is 95.3 Å². The van der Waals surface area contributed by atoms with E-state index in [1.54, 1.807) is 41.2 Å². The van der Waals surface area contributed by atoms with Crippen LogP contribution in [0.1, 0.15) is 17.7 Å². The Labute approximate surface area is 245 Å². The molecule has 2 heterocycles. The van der Waals surface area contributed by atoms with E-state index in [4.69, 9.17) is 16.3 Å². The topological polar surface area (TPSA) is 141 Å². The molecule has 0 aliphatic rings. The number of hydrogen-bond donors (Lipinski definition) is 2. The fraction of sp³-hybridized carbons (Fsp3) is 0.179. The summed E-state index contributed by atoms with van der Waals surface area (Å²) in [6.07, 6.45) is 4.07. The second-order valence-electron chi connectivity index (χ2n) is 9.42. The lowest BCUT2D eigenvalue weighted by molar-refractivity contribution is -0.120. The quantitative estimate of drug-likeness (QED) is 0.223. The van der Waals surface area contributed by atoms with E-state index in [9.17, 15) is 17.6 Å². The van der Waals surface area contributed by atoms with Crippen molar-refractivity contribution in [3.63, 3.8) is 0 Å². The van der Waals surface area contributed by atoms with Gasteiger partial charge in [0.05, 0.1) is 34.7 Å². The average Bonchev–Trinajstić information content (AvgIpc) is 3.43. The summed E-state index contributed by atoms with van der Waals surface area (Å²) >= 11 is 6.46. The van der Waals surface area contributed by atoms with E-state index in [1.165, 1.54) is 18.5 Å². The molecule has 0 unspecified atom stereocenters. The molecule has 0 spiro atoms. The SMILES string of the molecule is CS(=O)(=O)CCC(=O)NCc1cn(-c2ccc3ncnc(Nc4ccc(OCc5cccc(F)c5)c(Cl)c4)c3c2)nn1. The highest BCUT2D eigenvalue weighted by molar-refractivity contribution is 7.90. The Bertz CT molecular complexity index is 1870. The first-order valence-corrected chi connectivity index (χ1v) is 15.1. The van der Waals surface area contributed by atoms with E-state index in [2.05, 4.69) is 30.9 Å². The summed E-state index contributed by atoms with van der Waals surface area (Å²) < 4.78 is 43.3. The minimum Gasteiger partial charge on any atom is -0.487 e. The van der Waals surface area contributed by atoms with Crippen molar-refractivity contribution in [1.82, 2.24) is 30.3 Å². The average molecular weight is 610 g/mol. The van der Waals surface area contributed by atoms with Crippen LogP contribution in [0, 0.1) is 5.82 Å². The lowest BCUT2D eigenvalue weighted by atomic mass is 10.2. The van der Waals surface area contributed by atoms with Crippen LogP contribution in [-0.4, -0.2) is 51.3 Å². The summed E-state index contributed by atoms with van der Waals surface area (Å²) in [4.78, 5) is 20.7. The summed E-state index contributed by atoms with van der Waals surface area (Å²) in [5, 5.41) is 15.2. The third-order valence-electron chi connectivity index (χ3n) is 6.07. The van der Waals surface area contributed by atoms with Crippen LogP contribution in [-0.2, 0) is 27.8 Å². The van der Waals surface area contributed by atoms with Crippen LogP contribution in [0.2, 0.25) is 5.02 Å². The van der Waals surface area contributed by atoms with Crippen molar-refractivity contribution in [2.75, 3.05) is 17.3 Å². The number of aromatic nitrogens is 5. The van der Waals surface area contributed by atoms with Gasteiger partial charge < -0.3 is 15.4 Å². The molecule has 5 rings (SSSR count). The highest BCUT2D eigenvalue weighted by Gasteiger charge is 2.12. The van der Waals surface area contributed by atoms with Gasteiger partial charge in [-0.25, -0.2) is 27.5 Å². The largest absolute Gasteiger partial charge is 0.487 e. The van der Waals surface area contributed by atoms with Gasteiger partial charge in [-0.3, -0.25) is 4.79 Å². The summed E-state index contributed by atoms with van der Waals surface area (Å²) in [5.74, 6) is 0.0418. The summed E-state index contributed by atoms with van der Waals surface area (Å²) in [6.45, 7) is 0.276. The van der Waals surface area contributed by atoms with Gasteiger partial charge in [-0.1, -0.05) is 28.9 Å². The highest BCUT2D eigenvalue weighted by atomic mass is 35.5. The number of nitrogens with one attached hydrogen (secondary N) is 2. The first kappa shape index (κ1) is 28.9. The van der Waals surface area contributed by atoms with Crippen molar-refractivity contribution in [1.29, 1.82) is 0 Å². The molecule has 1 amide bonds. The minimum atomic E-state index is -3.22. The Morgan fingerprint density at radius 1 is 1.10 bits per heavy atom. The first-order chi connectivity index (χ1) is 20.1. The molecule has 3 aromatic carbocycles. The molecule has 216 valence electrons. The van der Waals surface area contributed by atoms with E-state index in [-0.39, 0.29) is 37.0 Å². The van der Waals surface area contributed by atoms with Crippen molar-refractivity contribution >= 4 is 49.8 Å². The molecule has 0 aliphatic carbocycles. The number of anilines is 2. The molecule has 0 fully saturated rings. The summed E-state index contributed by atoms with van der Waals surface area (Å²) in [7, 11) is -3.22. The molecular formula is C28H25ClFN7O4S. The molecule has 0 atom stereocenters. The van der Waals surface area contributed by atoms with Crippen LogP contribution in [0.4, 0.5) is 15.9 Å². The first-order valence-electron chi connectivity index (χ1n) is 12.7. The fourth-order valence-corrected chi connectivity index (χ4v) is 4.76. The zero-order valence-corrected chi connectivity index (χ0v) is 23.9. The predicted octanol–water partition coefficient (Wildman–Crippen LogP) is 4.38. The maximum atomic E-state index is 13.4. The Kier molecular flexibility index (Phi) is 8.59. The number of nitrogens with zero attached hydrogens (tertiary/aromatic N) is 5. The number of carbonyl (C=O) groups is 1. The van der Waals surface area contributed by atoms with E-state index in [1.807, 2.05) is 18.2 Å². The number of carbonyl (C=O) groups excluding carboxylic acids is 1. The molecular weight excluding hydrogens is 585 g/mol. The zero-order valence-electron chi connectivity index (χ0n) is 22.3. The van der Waals surface area contributed by atoms with Gasteiger partial charge in [-0.15, -0.1) is 5.10 Å². The Morgan fingerprint density at radius 3 is 2.74 bits per heavy atom. The van der Waals surface area contributed by atoms with Crippen molar-refractivity contribution in [3.8, 4) is 11.4 Å². The second kappa shape index (κ2) is 12.5. The lowest BCUT2D eigenvalue weighted by Crippen LogP contribution is -2.25. The van der Waals surface area contributed by atoms with E-state index in [0.29, 0.717) is 50.1 Å². The van der Waals surface area contributed by atoms with Crippen molar-refractivity contribution in [2.45, 2.75) is 19.6 Å². The van der Waals surface area contributed by atoms with Gasteiger partial charge in [0.1, 0.15) is 45.8 Å². The molecule has 5 aromatic rings. The molecule has 14 heteroatoms. The van der Waals surface area contributed by atoms with Gasteiger partial charge in [0.25, 0.3) is 0 Å². The van der Waals surface area contributed by atoms with Crippen molar-refractivity contribution < 1.29 is 22.3 Å². The van der Waals surface area contributed by atoms with Crippen LogP contribution >= 0.6 is 11.6 Å².